The average molecular weight is 438 g/mol. The number of methoxy groups -OCH3 is 1. The predicted octanol–water partition coefficient (Wildman–Crippen LogP) is 2.49. The topological polar surface area (TPSA) is 89.4 Å². The van der Waals surface area contributed by atoms with Crippen LogP contribution in [0.15, 0.2) is 36.0 Å². The first kappa shape index (κ1) is 19.7. The SMILES string of the molecule is COc1cccc(Cn2nc(C(=O)NC3CC3)c3c2CCN(C(=O)c2cncs2)C3)c1. The monoisotopic (exact) mass is 437 g/mol. The van der Waals surface area contributed by atoms with Gasteiger partial charge in [0, 0.05) is 30.3 Å². The van der Waals surface area contributed by atoms with Gasteiger partial charge in [0.05, 0.1) is 31.9 Å². The molecule has 1 saturated carbocycles. The fourth-order valence-corrected chi connectivity index (χ4v) is 4.47. The first-order valence-corrected chi connectivity index (χ1v) is 11.2. The van der Waals surface area contributed by atoms with Crippen molar-refractivity contribution in [2.24, 2.45) is 0 Å². The summed E-state index contributed by atoms with van der Waals surface area (Å²) >= 11 is 1.33. The number of nitrogens with one attached hydrogen (secondary N) is 1. The third-order valence-corrected chi connectivity index (χ3v) is 6.42. The van der Waals surface area contributed by atoms with Crippen molar-refractivity contribution in [2.45, 2.75) is 38.4 Å². The van der Waals surface area contributed by atoms with E-state index < -0.39 is 0 Å². The number of rotatable bonds is 6. The fourth-order valence-electron chi connectivity index (χ4n) is 3.88. The molecule has 0 unspecified atom stereocenters. The Bertz CT molecular complexity index is 1120. The van der Waals surface area contributed by atoms with Gasteiger partial charge in [0.2, 0.25) is 0 Å². The molecular weight excluding hydrogens is 414 g/mol. The van der Waals surface area contributed by atoms with E-state index in [1.165, 1.54) is 11.3 Å². The van der Waals surface area contributed by atoms with E-state index in [2.05, 4.69) is 10.3 Å². The third-order valence-electron chi connectivity index (χ3n) is 5.66. The number of aromatic nitrogens is 3. The quantitative estimate of drug-likeness (QED) is 0.640. The molecule has 5 rings (SSSR count). The molecule has 1 fully saturated rings. The van der Waals surface area contributed by atoms with Crippen molar-refractivity contribution >= 4 is 23.2 Å². The number of ether oxygens (including phenoxy) is 1. The molecule has 8 nitrogen and oxygen atoms in total. The minimum Gasteiger partial charge on any atom is -0.497 e. The Kier molecular flexibility index (Phi) is 5.19. The van der Waals surface area contributed by atoms with Crippen molar-refractivity contribution in [3.8, 4) is 5.75 Å². The van der Waals surface area contributed by atoms with Crippen LogP contribution in [0.1, 0.15) is 49.8 Å². The van der Waals surface area contributed by atoms with Crippen LogP contribution in [-0.2, 0) is 19.5 Å². The van der Waals surface area contributed by atoms with E-state index in [4.69, 9.17) is 9.84 Å². The van der Waals surface area contributed by atoms with Crippen LogP contribution in [0.3, 0.4) is 0 Å². The molecule has 0 spiro atoms. The lowest BCUT2D eigenvalue weighted by atomic mass is 10.0. The maximum absolute atomic E-state index is 12.9. The minimum atomic E-state index is -0.157. The maximum Gasteiger partial charge on any atom is 0.272 e. The normalized spacial score (nSPS) is 15.5. The highest BCUT2D eigenvalue weighted by molar-refractivity contribution is 7.11. The highest BCUT2D eigenvalue weighted by Crippen LogP contribution is 2.27. The minimum absolute atomic E-state index is 0.0535. The van der Waals surface area contributed by atoms with Crippen molar-refractivity contribution < 1.29 is 14.3 Å². The average Bonchev–Trinajstić information content (AvgIpc) is 3.30. The Hall–Kier alpha value is -3.20. The molecular formula is C22H23N5O3S. The molecule has 9 heteroatoms. The fraction of sp³-hybridized carbons (Fsp3) is 0.364. The second-order valence-electron chi connectivity index (χ2n) is 7.87. The van der Waals surface area contributed by atoms with E-state index >= 15 is 0 Å². The van der Waals surface area contributed by atoms with Crippen molar-refractivity contribution in [1.29, 1.82) is 0 Å². The number of hydrogen-bond donors (Lipinski definition) is 1. The molecule has 0 saturated heterocycles. The van der Waals surface area contributed by atoms with Crippen LogP contribution in [0, 0.1) is 0 Å². The molecule has 2 amide bonds. The van der Waals surface area contributed by atoms with E-state index in [-0.39, 0.29) is 17.9 Å². The highest BCUT2D eigenvalue weighted by Gasteiger charge is 2.33. The van der Waals surface area contributed by atoms with Crippen LogP contribution in [0.25, 0.3) is 0 Å². The lowest BCUT2D eigenvalue weighted by molar-refractivity contribution is 0.0735. The molecule has 3 aromatic rings. The molecule has 3 heterocycles. The number of nitrogens with zero attached hydrogens (tertiary/aromatic N) is 4. The van der Waals surface area contributed by atoms with Gasteiger partial charge in [0.15, 0.2) is 5.69 Å². The number of thiazole rings is 1. The Morgan fingerprint density at radius 2 is 2.19 bits per heavy atom. The number of benzene rings is 1. The Balaban J connectivity index is 1.46. The summed E-state index contributed by atoms with van der Waals surface area (Å²) in [6, 6.07) is 8.08. The zero-order valence-electron chi connectivity index (χ0n) is 17.2. The first-order valence-electron chi connectivity index (χ1n) is 10.3. The molecule has 2 aliphatic rings. The van der Waals surface area contributed by atoms with Gasteiger partial charge < -0.3 is 15.0 Å². The summed E-state index contributed by atoms with van der Waals surface area (Å²) in [7, 11) is 1.64. The number of carbonyl (C=O) groups is 2. The molecule has 160 valence electrons. The molecule has 0 radical (unpaired) electrons. The van der Waals surface area contributed by atoms with Gasteiger partial charge in [0.25, 0.3) is 11.8 Å². The van der Waals surface area contributed by atoms with Crippen molar-refractivity contribution in [3.63, 3.8) is 0 Å². The van der Waals surface area contributed by atoms with E-state index in [9.17, 15) is 9.59 Å². The van der Waals surface area contributed by atoms with Gasteiger partial charge >= 0.3 is 0 Å². The van der Waals surface area contributed by atoms with Crippen LogP contribution in [-0.4, -0.2) is 51.2 Å². The summed E-state index contributed by atoms with van der Waals surface area (Å²) in [4.78, 5) is 32.2. The smallest absolute Gasteiger partial charge is 0.272 e. The summed E-state index contributed by atoms with van der Waals surface area (Å²) in [5.74, 6) is 0.573. The van der Waals surface area contributed by atoms with Crippen LogP contribution in [0.2, 0.25) is 0 Å². The largest absolute Gasteiger partial charge is 0.497 e. The molecule has 1 aromatic carbocycles. The van der Waals surface area contributed by atoms with Crippen LogP contribution in [0.5, 0.6) is 5.75 Å². The maximum atomic E-state index is 12.9. The summed E-state index contributed by atoms with van der Waals surface area (Å²) in [6.45, 7) is 1.49. The van der Waals surface area contributed by atoms with Crippen molar-refractivity contribution in [2.75, 3.05) is 13.7 Å². The van der Waals surface area contributed by atoms with Gasteiger partial charge in [-0.25, -0.2) is 0 Å². The summed E-state index contributed by atoms with van der Waals surface area (Å²) < 4.78 is 7.24. The van der Waals surface area contributed by atoms with Crippen LogP contribution < -0.4 is 10.1 Å². The van der Waals surface area contributed by atoms with E-state index in [0.717, 1.165) is 35.4 Å². The molecule has 31 heavy (non-hydrogen) atoms. The van der Waals surface area contributed by atoms with Gasteiger partial charge in [-0.2, -0.15) is 5.10 Å². The molecule has 1 N–H and O–H groups in total. The van der Waals surface area contributed by atoms with E-state index in [1.54, 1.807) is 23.7 Å². The second kappa shape index (κ2) is 8.14. The zero-order valence-corrected chi connectivity index (χ0v) is 18.0. The number of hydrogen-bond acceptors (Lipinski definition) is 6. The number of amides is 2. The molecule has 2 aromatic heterocycles. The van der Waals surface area contributed by atoms with E-state index in [1.807, 2.05) is 28.9 Å². The van der Waals surface area contributed by atoms with E-state index in [0.29, 0.717) is 36.6 Å². The summed E-state index contributed by atoms with van der Waals surface area (Å²) in [5.41, 5.74) is 4.97. The molecule has 0 atom stereocenters. The Labute approximate surface area is 183 Å². The molecule has 0 bridgehead atoms. The van der Waals surface area contributed by atoms with Crippen molar-refractivity contribution in [1.82, 2.24) is 25.0 Å². The molecule has 1 aliphatic heterocycles. The lowest BCUT2D eigenvalue weighted by Crippen LogP contribution is -2.37. The number of carbonyl (C=O) groups excluding carboxylic acids is 2. The van der Waals surface area contributed by atoms with Gasteiger partial charge in [-0.3, -0.25) is 19.3 Å². The van der Waals surface area contributed by atoms with Gasteiger partial charge in [0.1, 0.15) is 10.6 Å². The Morgan fingerprint density at radius 1 is 1.32 bits per heavy atom. The third kappa shape index (κ3) is 4.05. The van der Waals surface area contributed by atoms with Gasteiger partial charge in [-0.1, -0.05) is 12.1 Å². The van der Waals surface area contributed by atoms with Gasteiger partial charge in [-0.15, -0.1) is 11.3 Å². The van der Waals surface area contributed by atoms with Crippen LogP contribution in [0.4, 0.5) is 0 Å². The Morgan fingerprint density at radius 3 is 2.94 bits per heavy atom. The second-order valence-corrected chi connectivity index (χ2v) is 8.76. The lowest BCUT2D eigenvalue weighted by Gasteiger charge is -2.27. The highest BCUT2D eigenvalue weighted by atomic mass is 32.1. The summed E-state index contributed by atoms with van der Waals surface area (Å²) in [5, 5.41) is 7.74. The van der Waals surface area contributed by atoms with Crippen LogP contribution >= 0.6 is 11.3 Å². The summed E-state index contributed by atoms with van der Waals surface area (Å²) in [6.07, 6.45) is 4.26. The zero-order chi connectivity index (χ0) is 21.4. The number of fused-ring (bicyclic) bond motifs is 1. The van der Waals surface area contributed by atoms with Gasteiger partial charge in [-0.05, 0) is 30.5 Å². The predicted molar refractivity (Wildman–Crippen MR) is 115 cm³/mol. The molecule has 1 aliphatic carbocycles. The first-order chi connectivity index (χ1) is 15.1. The van der Waals surface area contributed by atoms with Crippen molar-refractivity contribution in [3.05, 3.63) is 63.4 Å². The standard InChI is InChI=1S/C22H23N5O3S/c1-30-16-4-2-3-14(9-16)11-27-18-7-8-26(22(29)19-10-23-13-31-19)12-17(18)20(25-27)21(28)24-15-5-6-15/h2-4,9-10,13,15H,5-8,11-12H2,1H3,(H,24,28).